The van der Waals surface area contributed by atoms with E-state index in [1.165, 1.54) is 67.1 Å². The Morgan fingerprint density at radius 3 is 1.30 bits per heavy atom. The van der Waals surface area contributed by atoms with Gasteiger partial charge in [-0.1, -0.05) is 64.1 Å². The molecule has 4 heterocycles. The monoisotopic (exact) mass is 1350 g/mol. The van der Waals surface area contributed by atoms with Gasteiger partial charge in [-0.2, -0.15) is 8.61 Å². The zero-order valence-corrected chi connectivity index (χ0v) is 60.0. The summed E-state index contributed by atoms with van der Waals surface area (Å²) in [5.74, 6) is 0.667. The molecule has 1 unspecified atom stereocenters. The van der Waals surface area contributed by atoms with E-state index >= 15 is 0 Å². The van der Waals surface area contributed by atoms with Gasteiger partial charge >= 0.3 is 71.3 Å². The number of alkyl carbamates (subject to hydrolysis) is 2. The Morgan fingerprint density at radius 1 is 0.600 bits per heavy atom. The summed E-state index contributed by atoms with van der Waals surface area (Å²) >= 11 is 0. The summed E-state index contributed by atoms with van der Waals surface area (Å²) in [6.45, 7) is 12.0. The summed E-state index contributed by atoms with van der Waals surface area (Å²) in [6.07, 6.45) is -4.71. The Hall–Kier alpha value is -3.06. The fourth-order valence-corrected chi connectivity index (χ4v) is 15.8. The van der Waals surface area contributed by atoms with Crippen LogP contribution in [0.5, 0.6) is 11.5 Å². The molecule has 4 aromatic rings. The van der Waals surface area contributed by atoms with Crippen LogP contribution in [0.3, 0.4) is 0 Å². The third-order valence-electron chi connectivity index (χ3n) is 15.3. The van der Waals surface area contributed by atoms with Crippen LogP contribution in [0.25, 0.3) is 0 Å². The number of carbonyl (C=O) groups excluding carboxylic acids is 2. The van der Waals surface area contributed by atoms with E-state index in [2.05, 4.69) is 10.6 Å². The van der Waals surface area contributed by atoms with Gasteiger partial charge in [0.1, 0.15) is 23.7 Å². The van der Waals surface area contributed by atoms with Gasteiger partial charge in [0.2, 0.25) is 27.4 Å². The molecule has 4 aliphatic rings. The molecule has 488 valence electrons. The summed E-state index contributed by atoms with van der Waals surface area (Å²) < 4.78 is 130. The summed E-state index contributed by atoms with van der Waals surface area (Å²) in [7, 11) is -13.1. The van der Waals surface area contributed by atoms with Crippen LogP contribution >= 0.6 is 15.0 Å². The first-order valence-corrected chi connectivity index (χ1v) is 35.6. The number of methoxy groups -OCH3 is 2. The quantitative estimate of drug-likeness (QED) is 0.0344. The van der Waals surface area contributed by atoms with E-state index in [9.17, 15) is 55.6 Å². The Bertz CT molecular complexity index is 3250. The molecule has 8 rings (SSSR count). The molecule has 25 nitrogen and oxygen atoms in total. The molecule has 4 N–H and O–H groups in total. The number of carbonyl (C=O) groups is 2. The Kier molecular flexibility index (Phi) is 30.3. The Morgan fingerprint density at radius 2 is 0.967 bits per heavy atom. The van der Waals surface area contributed by atoms with Crippen molar-refractivity contribution in [3.63, 3.8) is 0 Å². The fraction of sp³-hybridized carbons (Fsp3) is 0.559. The van der Waals surface area contributed by atoms with Crippen LogP contribution < -0.4 is 99.6 Å². The van der Waals surface area contributed by atoms with Crippen molar-refractivity contribution in [1.29, 1.82) is 0 Å². The predicted octanol–water partition coefficient (Wildman–Crippen LogP) is -2.28. The van der Waals surface area contributed by atoms with Crippen molar-refractivity contribution >= 4 is 57.8 Å². The van der Waals surface area contributed by atoms with Crippen LogP contribution in [0.15, 0.2) is 107 Å². The molecule has 4 aromatic carbocycles. The number of nitrogens with zero attached hydrogens (tertiary/aromatic N) is 2. The van der Waals surface area contributed by atoms with E-state index < -0.39 is 102 Å². The van der Waals surface area contributed by atoms with Crippen molar-refractivity contribution in [3.05, 3.63) is 108 Å². The molecule has 4 fully saturated rings. The standard InChI is InChI=1S/C31H45N2O10PS.C28H39N2O11PS.2Na/c1-6-42-44(5,36)24-11-7-22(8-12-24)17-27(32-31(35)43-29-20-41-30-26(29)15-16-40-30)28(34)19-33(18-21(2)3)45(37,38)25-13-9-23(39-4)10-14-25;1-18(2)15-30(43(36,37)22-10-6-20(38-3)7-11-22)16-25(31)24(14-19-4-8-21(9-5-19)42(33,34)35)29-28(32)41-26-17-40-27-23(26)12-13-39-27;;/h7-14,21,26-30,34H,6,15-20H2,1-5H3,(H,32,35);4-11,18,23-27,31H,12-17H2,1-3H3,(H,29,32)(H2,33,34,35);;/q;;2*+1/p-2/t26-,27-,28+,29-,30+,44?;23-,24-,25+,26-,27+;;/m00../s1. The molecule has 0 bridgehead atoms. The van der Waals surface area contributed by atoms with Gasteiger partial charge in [0.25, 0.3) is 0 Å². The molecule has 4 aliphatic heterocycles. The van der Waals surface area contributed by atoms with E-state index in [0.717, 1.165) is 22.0 Å². The number of amides is 2. The van der Waals surface area contributed by atoms with Crippen molar-refractivity contribution in [2.75, 3.05) is 80.1 Å². The van der Waals surface area contributed by atoms with Crippen LogP contribution in [0.4, 0.5) is 9.59 Å². The summed E-state index contributed by atoms with van der Waals surface area (Å²) in [4.78, 5) is 49.0. The van der Waals surface area contributed by atoms with Gasteiger partial charge < -0.3 is 77.6 Å². The number of nitrogens with one attached hydrogen (secondary N) is 2. The Balaban J connectivity index is 0.000000320. The van der Waals surface area contributed by atoms with Crippen LogP contribution in [-0.4, -0.2) is 177 Å². The van der Waals surface area contributed by atoms with Crippen LogP contribution in [0.2, 0.25) is 0 Å². The molecular formula is C59H82N4Na2O21P2S2. The van der Waals surface area contributed by atoms with Crippen molar-refractivity contribution < 1.29 is 157 Å². The molecule has 0 radical (unpaired) electrons. The Labute approximate surface area is 572 Å². The molecule has 0 saturated carbocycles. The average molecular weight is 1360 g/mol. The van der Waals surface area contributed by atoms with E-state index in [4.69, 9.17) is 42.4 Å². The normalized spacial score (nSPS) is 21.7. The molecule has 90 heavy (non-hydrogen) atoms. The van der Waals surface area contributed by atoms with Crippen LogP contribution in [0.1, 0.15) is 58.6 Å². The maximum Gasteiger partial charge on any atom is 1.00 e. The van der Waals surface area contributed by atoms with Crippen molar-refractivity contribution in [1.82, 2.24) is 19.2 Å². The van der Waals surface area contributed by atoms with E-state index in [0.29, 0.717) is 55.0 Å². The molecule has 0 aliphatic carbocycles. The number of hydrogen-bond acceptors (Lipinski definition) is 21. The second-order valence-electron chi connectivity index (χ2n) is 22.9. The van der Waals surface area contributed by atoms with Crippen LogP contribution in [-0.2, 0) is 75.0 Å². The topological polar surface area (TPSA) is 337 Å². The molecule has 0 spiro atoms. The van der Waals surface area contributed by atoms with E-state index in [-0.39, 0.29) is 145 Å². The SMILES string of the molecule is CCOP(C)(=O)c1ccc(C[C@H](NC(=O)O[C@H]2CO[C@H]3OCC[C@H]32)[C@H](O)CN(CC(C)C)S(=O)(=O)c2ccc(OC)cc2)cc1.COc1ccc(S(=O)(=O)N(CC(C)C)C[C@@H](O)[C@H](Cc2ccc(P(=O)([O-])[O-])cc2)NC(=O)O[C@H]2CO[C@H]3OCC[C@H]32)cc1.[Na+].[Na+]. The number of aliphatic hydroxyl groups is 2. The number of rotatable bonds is 28. The van der Waals surface area contributed by atoms with Crippen LogP contribution in [0, 0.1) is 23.7 Å². The van der Waals surface area contributed by atoms with Gasteiger partial charge in [-0.15, -0.1) is 0 Å². The van der Waals surface area contributed by atoms with Gasteiger partial charge in [0, 0.05) is 38.1 Å². The third kappa shape index (κ3) is 21.5. The maximum atomic E-state index is 13.7. The van der Waals surface area contributed by atoms with E-state index in [1.54, 1.807) is 50.0 Å². The molecule has 11 atom stereocenters. The first-order valence-electron chi connectivity index (χ1n) is 29.1. The second-order valence-corrected chi connectivity index (χ2v) is 30.7. The zero-order chi connectivity index (χ0) is 64.1. The summed E-state index contributed by atoms with van der Waals surface area (Å²) in [5.41, 5.74) is 1.21. The minimum atomic E-state index is -4.97. The average Bonchev–Trinajstić information content (AvgIpc) is 1.11. The third-order valence-corrected chi connectivity index (χ3v) is 21.9. The fourth-order valence-electron chi connectivity index (χ4n) is 10.7. The summed E-state index contributed by atoms with van der Waals surface area (Å²) in [5, 5.41) is 28.5. The number of aliphatic hydroxyl groups excluding tert-OH is 2. The summed E-state index contributed by atoms with van der Waals surface area (Å²) in [6, 6.07) is 21.9. The molecule has 0 aromatic heterocycles. The number of benzene rings is 4. The van der Waals surface area contributed by atoms with Gasteiger partial charge in [-0.3, -0.25) is 4.57 Å². The maximum absolute atomic E-state index is 13.7. The largest absolute Gasteiger partial charge is 1.00 e. The first-order chi connectivity index (χ1) is 41.6. The molecule has 2 amide bonds. The molecule has 4 saturated heterocycles. The zero-order valence-electron chi connectivity index (χ0n) is 52.6. The smallest absolute Gasteiger partial charge is 0.807 e. The van der Waals surface area contributed by atoms with Crippen molar-refractivity contribution in [2.45, 2.75) is 119 Å². The predicted molar refractivity (Wildman–Crippen MR) is 320 cm³/mol. The minimum absolute atomic E-state index is 0. The second kappa shape index (κ2) is 35.1. The van der Waals surface area contributed by atoms with Crippen molar-refractivity contribution in [3.8, 4) is 11.5 Å². The van der Waals surface area contributed by atoms with Gasteiger partial charge in [-0.25, -0.2) is 26.4 Å². The van der Waals surface area contributed by atoms with Crippen molar-refractivity contribution in [2.24, 2.45) is 23.7 Å². The number of ether oxygens (including phenoxy) is 8. The number of sulfonamides is 2. The number of hydrogen-bond donors (Lipinski definition) is 4. The first kappa shape index (κ1) is 77.6. The molecular weight excluding hydrogens is 1270 g/mol. The molecule has 31 heteroatoms. The van der Waals surface area contributed by atoms with Gasteiger partial charge in [0.15, 0.2) is 12.6 Å². The number of fused-ring (bicyclic) bond motifs is 2. The van der Waals surface area contributed by atoms with E-state index in [1.807, 2.05) is 27.7 Å². The minimum Gasteiger partial charge on any atom is -0.807 e. The van der Waals surface area contributed by atoms with Gasteiger partial charge in [0.05, 0.1) is 93.2 Å². The van der Waals surface area contributed by atoms with Gasteiger partial charge in [-0.05, 0) is 129 Å².